The van der Waals surface area contributed by atoms with Crippen LogP contribution in [0.4, 0.5) is 4.79 Å². The van der Waals surface area contributed by atoms with Gasteiger partial charge in [0.1, 0.15) is 40.8 Å². The number of fused-ring (bicyclic) bond motifs is 3. The van der Waals surface area contributed by atoms with Gasteiger partial charge in [0.05, 0.1) is 31.5 Å². The Morgan fingerprint density at radius 2 is 1.88 bits per heavy atom. The first kappa shape index (κ1) is 34.7. The summed E-state index contributed by atoms with van der Waals surface area (Å²) >= 11 is 0. The van der Waals surface area contributed by atoms with E-state index in [1.807, 2.05) is 66.7 Å². The lowest BCUT2D eigenvalue weighted by Crippen LogP contribution is -2.57. The highest BCUT2D eigenvalue weighted by atomic mass is 16.6. The van der Waals surface area contributed by atoms with E-state index in [1.54, 1.807) is 34.8 Å². The molecule has 2 N–H and O–H groups in total. The second-order valence-corrected chi connectivity index (χ2v) is 13.9. The summed E-state index contributed by atoms with van der Waals surface area (Å²) in [6.45, 7) is 7.19. The van der Waals surface area contributed by atoms with E-state index < -0.39 is 53.2 Å². The second-order valence-electron chi connectivity index (χ2n) is 13.9. The molecule has 264 valence electrons. The molecule has 50 heavy (non-hydrogen) atoms. The van der Waals surface area contributed by atoms with Crippen LogP contribution in [0.2, 0.25) is 0 Å². The zero-order valence-corrected chi connectivity index (χ0v) is 29.1. The van der Waals surface area contributed by atoms with Crippen LogP contribution in [0.15, 0.2) is 66.7 Å². The number of aromatic nitrogens is 1. The molecule has 2 aromatic carbocycles. The standard InChI is InChI=1S/C38H44N4O8/c1-6-48-35(45)38-21-24(38)14-10-11-15-28(40-36(46)50-37(2,3)4)34(44)42-22-26(19-31(42)33(43)41-38)49-32-20-29(23-12-8-7-9-13-23)39-30-18-25(47-5)16-17-27(30)32/h7-10,12-14,16-18,20,24,26,28,31H,6,11,15,19,21-22H2,1-5H3,(H,40,46)(H,41,43)/b14-10+/t24-,26?,28+,31+,38-/m1/s1. The first-order valence-corrected chi connectivity index (χ1v) is 17.1. The van der Waals surface area contributed by atoms with Crippen LogP contribution < -0.4 is 20.1 Å². The molecule has 0 bridgehead atoms. The zero-order valence-electron chi connectivity index (χ0n) is 29.1. The van der Waals surface area contributed by atoms with Gasteiger partial charge in [0.2, 0.25) is 11.8 Å². The van der Waals surface area contributed by atoms with Crippen molar-refractivity contribution in [2.45, 2.75) is 82.7 Å². The quantitative estimate of drug-likeness (QED) is 0.261. The summed E-state index contributed by atoms with van der Waals surface area (Å²) in [6.07, 6.45) is 3.67. The van der Waals surface area contributed by atoms with Crippen LogP contribution >= 0.6 is 0 Å². The number of pyridine rings is 1. The van der Waals surface area contributed by atoms with Gasteiger partial charge in [-0.05, 0) is 59.1 Å². The molecule has 0 radical (unpaired) electrons. The van der Waals surface area contributed by atoms with Crippen LogP contribution in [0.5, 0.6) is 11.5 Å². The molecule has 1 unspecified atom stereocenters. The van der Waals surface area contributed by atoms with E-state index in [9.17, 15) is 19.2 Å². The van der Waals surface area contributed by atoms with E-state index in [4.69, 9.17) is 23.9 Å². The topological polar surface area (TPSA) is 145 Å². The summed E-state index contributed by atoms with van der Waals surface area (Å²) < 4.78 is 23.0. The average Bonchev–Trinajstić information content (AvgIpc) is 3.61. The Labute approximate surface area is 291 Å². The number of ether oxygens (including phenoxy) is 4. The largest absolute Gasteiger partial charge is 0.497 e. The molecule has 1 saturated carbocycles. The molecule has 12 nitrogen and oxygen atoms in total. The lowest BCUT2D eigenvalue weighted by Gasteiger charge is -2.30. The van der Waals surface area contributed by atoms with Gasteiger partial charge in [-0.25, -0.2) is 14.6 Å². The second kappa shape index (κ2) is 14.0. The predicted molar refractivity (Wildman–Crippen MR) is 185 cm³/mol. The molecule has 3 aromatic rings. The van der Waals surface area contributed by atoms with E-state index in [-0.39, 0.29) is 31.9 Å². The van der Waals surface area contributed by atoms with Crippen LogP contribution in [0, 0.1) is 5.92 Å². The number of carbonyl (C=O) groups excluding carboxylic acids is 4. The van der Waals surface area contributed by atoms with Crippen molar-refractivity contribution in [1.29, 1.82) is 0 Å². The van der Waals surface area contributed by atoms with Gasteiger partial charge in [0, 0.05) is 35.4 Å². The number of rotatable bonds is 7. The summed E-state index contributed by atoms with van der Waals surface area (Å²) in [5.41, 5.74) is 0.261. The van der Waals surface area contributed by atoms with Gasteiger partial charge in [-0.15, -0.1) is 0 Å². The number of nitrogens with one attached hydrogen (secondary N) is 2. The summed E-state index contributed by atoms with van der Waals surface area (Å²) in [5.74, 6) is -0.510. The smallest absolute Gasteiger partial charge is 0.408 e. The average molecular weight is 685 g/mol. The van der Waals surface area contributed by atoms with Crippen LogP contribution in [0.3, 0.4) is 0 Å². The first-order chi connectivity index (χ1) is 23.9. The number of hydrogen-bond donors (Lipinski definition) is 2. The van der Waals surface area contributed by atoms with Crippen molar-refractivity contribution in [3.05, 3.63) is 66.7 Å². The minimum absolute atomic E-state index is 0.0652. The van der Waals surface area contributed by atoms with Crippen molar-refractivity contribution >= 4 is 34.8 Å². The Morgan fingerprint density at radius 3 is 2.60 bits per heavy atom. The minimum Gasteiger partial charge on any atom is -0.497 e. The molecule has 0 spiro atoms. The molecule has 2 fully saturated rings. The number of allylic oxidation sites excluding steroid dienone is 1. The molecular weight excluding hydrogens is 640 g/mol. The van der Waals surface area contributed by atoms with Crippen molar-refractivity contribution in [3.8, 4) is 22.8 Å². The molecule has 1 saturated heterocycles. The van der Waals surface area contributed by atoms with Gasteiger partial charge in [0.15, 0.2) is 0 Å². The molecule has 3 aliphatic rings. The molecular formula is C38H44N4O8. The molecule has 6 rings (SSSR count). The van der Waals surface area contributed by atoms with Crippen molar-refractivity contribution in [3.63, 3.8) is 0 Å². The molecule has 3 amide bonds. The fourth-order valence-corrected chi connectivity index (χ4v) is 6.66. The zero-order chi connectivity index (χ0) is 35.6. The van der Waals surface area contributed by atoms with Crippen molar-refractivity contribution in [2.75, 3.05) is 20.3 Å². The summed E-state index contributed by atoms with van der Waals surface area (Å²) in [6, 6.07) is 15.1. The van der Waals surface area contributed by atoms with Gasteiger partial charge in [0.25, 0.3) is 0 Å². The molecule has 12 heteroatoms. The monoisotopic (exact) mass is 684 g/mol. The third-order valence-electron chi connectivity index (χ3n) is 9.17. The number of carbonyl (C=O) groups is 4. The van der Waals surface area contributed by atoms with Crippen LogP contribution in [0.1, 0.15) is 53.4 Å². The fraction of sp³-hybridized carbons (Fsp3) is 0.447. The van der Waals surface area contributed by atoms with Crippen LogP contribution in [-0.2, 0) is 23.9 Å². The Bertz CT molecular complexity index is 1810. The summed E-state index contributed by atoms with van der Waals surface area (Å²) in [5, 5.41) is 6.43. The molecule has 3 heterocycles. The lowest BCUT2D eigenvalue weighted by molar-refractivity contribution is -0.150. The highest BCUT2D eigenvalue weighted by Crippen LogP contribution is 2.46. The van der Waals surface area contributed by atoms with E-state index in [0.29, 0.717) is 35.6 Å². The normalized spacial score (nSPS) is 25.6. The first-order valence-electron chi connectivity index (χ1n) is 17.1. The number of nitrogens with zero attached hydrogens (tertiary/aromatic N) is 2. The Balaban J connectivity index is 1.34. The Hall–Kier alpha value is -5.13. The molecule has 5 atom stereocenters. The third kappa shape index (κ3) is 7.39. The minimum atomic E-state index is -1.20. The van der Waals surface area contributed by atoms with E-state index in [1.165, 1.54) is 4.90 Å². The van der Waals surface area contributed by atoms with Crippen molar-refractivity contribution in [2.24, 2.45) is 5.92 Å². The lowest BCUT2D eigenvalue weighted by atomic mass is 10.1. The highest BCUT2D eigenvalue weighted by molar-refractivity contribution is 5.97. The van der Waals surface area contributed by atoms with Gasteiger partial charge >= 0.3 is 12.1 Å². The number of benzene rings is 2. The molecule has 2 aliphatic heterocycles. The van der Waals surface area contributed by atoms with Gasteiger partial charge < -0.3 is 34.5 Å². The summed E-state index contributed by atoms with van der Waals surface area (Å²) in [7, 11) is 1.59. The number of amides is 3. The molecule has 1 aliphatic carbocycles. The predicted octanol–water partition coefficient (Wildman–Crippen LogP) is 4.94. The maximum atomic E-state index is 14.3. The van der Waals surface area contributed by atoms with E-state index >= 15 is 0 Å². The summed E-state index contributed by atoms with van der Waals surface area (Å²) in [4.78, 5) is 60.8. The fourth-order valence-electron chi connectivity index (χ4n) is 6.66. The van der Waals surface area contributed by atoms with Gasteiger partial charge in [-0.1, -0.05) is 42.5 Å². The van der Waals surface area contributed by atoms with Gasteiger partial charge in [-0.3, -0.25) is 9.59 Å². The third-order valence-corrected chi connectivity index (χ3v) is 9.17. The maximum absolute atomic E-state index is 14.3. The molecule has 1 aromatic heterocycles. The Morgan fingerprint density at radius 1 is 1.10 bits per heavy atom. The number of alkyl carbamates (subject to hydrolysis) is 1. The van der Waals surface area contributed by atoms with Gasteiger partial charge in [-0.2, -0.15) is 0 Å². The number of esters is 1. The van der Waals surface area contributed by atoms with Crippen LogP contribution in [0.25, 0.3) is 22.2 Å². The maximum Gasteiger partial charge on any atom is 0.408 e. The highest BCUT2D eigenvalue weighted by Gasteiger charge is 2.62. The van der Waals surface area contributed by atoms with Crippen molar-refractivity contribution in [1.82, 2.24) is 20.5 Å². The number of methoxy groups -OCH3 is 1. The number of hydrogen-bond acceptors (Lipinski definition) is 9. The van der Waals surface area contributed by atoms with E-state index in [2.05, 4.69) is 10.6 Å². The van der Waals surface area contributed by atoms with Crippen molar-refractivity contribution < 1.29 is 38.1 Å². The SMILES string of the molecule is CCOC(=O)[C@@]12C[C@H]1/C=C/CC[C@H](NC(=O)OC(C)(C)C)C(=O)N1CC(Oc3cc(-c4ccccc4)nc4cc(OC)ccc34)C[C@H]1C(=O)N2. The van der Waals surface area contributed by atoms with Crippen LogP contribution in [-0.4, -0.2) is 83.3 Å². The van der Waals surface area contributed by atoms with E-state index in [0.717, 1.165) is 10.9 Å². The Kier molecular flexibility index (Phi) is 9.73.